The van der Waals surface area contributed by atoms with Crippen molar-refractivity contribution in [1.29, 1.82) is 0 Å². The Morgan fingerprint density at radius 2 is 2.17 bits per heavy atom. The number of nitrogens with one attached hydrogen (secondary N) is 1. The molecule has 1 atom stereocenters. The monoisotopic (exact) mass is 397 g/mol. The molecule has 152 valence electrons. The number of β-amino-alcohol motifs (C(OH)–C–C–N with tert-alkyl or cyclic N) is 1. The minimum Gasteiger partial charge on any atom is -0.487 e. The molecule has 4 rings (SSSR count). The van der Waals surface area contributed by atoms with Gasteiger partial charge in [-0.3, -0.25) is 4.90 Å². The molecule has 0 aliphatic carbocycles. The quantitative estimate of drug-likeness (QED) is 0.550. The van der Waals surface area contributed by atoms with Crippen molar-refractivity contribution >= 4 is 28.1 Å². The lowest BCUT2D eigenvalue weighted by Gasteiger charge is -2.19. The highest BCUT2D eigenvalue weighted by Gasteiger charge is 2.24. The molecule has 7 nitrogen and oxygen atoms in total. The molecule has 1 aliphatic rings. The number of anilines is 3. The van der Waals surface area contributed by atoms with Crippen LogP contribution in [0.2, 0.25) is 0 Å². The van der Waals surface area contributed by atoms with Crippen LogP contribution in [0.15, 0.2) is 36.7 Å². The number of aliphatic hydroxyl groups is 1. The maximum absolute atomic E-state index is 13.9. The first-order valence-corrected chi connectivity index (χ1v) is 9.61. The van der Waals surface area contributed by atoms with Gasteiger partial charge < -0.3 is 20.9 Å². The minimum absolute atomic E-state index is 0.0624. The first kappa shape index (κ1) is 19.4. The highest BCUT2D eigenvalue weighted by Crippen LogP contribution is 2.33. The van der Waals surface area contributed by atoms with Gasteiger partial charge in [-0.2, -0.15) is 0 Å². The van der Waals surface area contributed by atoms with E-state index in [1.165, 1.54) is 18.5 Å². The van der Waals surface area contributed by atoms with E-state index < -0.39 is 0 Å². The number of aromatic nitrogens is 2. The van der Waals surface area contributed by atoms with Gasteiger partial charge in [0.2, 0.25) is 0 Å². The average molecular weight is 397 g/mol. The van der Waals surface area contributed by atoms with Crippen LogP contribution in [0.4, 0.5) is 21.6 Å². The number of aliphatic hydroxyl groups excluding tert-OH is 1. The van der Waals surface area contributed by atoms with Crippen LogP contribution in [0.3, 0.4) is 0 Å². The Morgan fingerprint density at radius 3 is 3.00 bits per heavy atom. The molecule has 29 heavy (non-hydrogen) atoms. The largest absolute Gasteiger partial charge is 0.487 e. The maximum atomic E-state index is 13.9. The SMILES string of the molecule is Cc1cc(N)cc2ncnc(Nc3ccc(F)cc3O[C@@H]3CCN(CCO)C3)c12. The molecule has 0 radical (unpaired) electrons. The van der Waals surface area contributed by atoms with Gasteiger partial charge in [0.15, 0.2) is 0 Å². The third-order valence-electron chi connectivity index (χ3n) is 5.09. The first-order chi connectivity index (χ1) is 14.0. The molecule has 1 saturated heterocycles. The summed E-state index contributed by atoms with van der Waals surface area (Å²) >= 11 is 0. The molecular formula is C21H24FN5O2. The third kappa shape index (κ3) is 4.23. The Balaban J connectivity index is 1.63. The lowest BCUT2D eigenvalue weighted by atomic mass is 10.1. The minimum atomic E-state index is -0.368. The van der Waals surface area contributed by atoms with Crippen molar-refractivity contribution in [3.05, 3.63) is 48.0 Å². The molecule has 0 spiro atoms. The zero-order valence-corrected chi connectivity index (χ0v) is 16.2. The van der Waals surface area contributed by atoms with Crippen molar-refractivity contribution in [2.75, 3.05) is 37.3 Å². The molecule has 3 aromatic rings. The van der Waals surface area contributed by atoms with Crippen molar-refractivity contribution in [3.8, 4) is 5.75 Å². The van der Waals surface area contributed by atoms with Gasteiger partial charge in [-0.25, -0.2) is 14.4 Å². The van der Waals surface area contributed by atoms with Crippen LogP contribution >= 0.6 is 0 Å². The van der Waals surface area contributed by atoms with E-state index in [-0.39, 0.29) is 18.5 Å². The Hall–Kier alpha value is -2.97. The van der Waals surface area contributed by atoms with E-state index in [1.54, 1.807) is 12.1 Å². The van der Waals surface area contributed by atoms with Crippen LogP contribution in [0.1, 0.15) is 12.0 Å². The van der Waals surface area contributed by atoms with Crippen LogP contribution in [-0.2, 0) is 0 Å². The molecule has 8 heteroatoms. The second-order valence-corrected chi connectivity index (χ2v) is 7.27. The summed E-state index contributed by atoms with van der Waals surface area (Å²) in [5, 5.41) is 13.2. The fraction of sp³-hybridized carbons (Fsp3) is 0.333. The smallest absolute Gasteiger partial charge is 0.146 e. The second kappa shape index (κ2) is 8.18. The zero-order chi connectivity index (χ0) is 20.4. The van der Waals surface area contributed by atoms with Gasteiger partial charge in [0, 0.05) is 36.8 Å². The molecular weight excluding hydrogens is 373 g/mol. The Labute approximate surface area is 168 Å². The van der Waals surface area contributed by atoms with Crippen molar-refractivity contribution in [2.45, 2.75) is 19.4 Å². The molecule has 0 unspecified atom stereocenters. The highest BCUT2D eigenvalue weighted by molar-refractivity contribution is 5.95. The molecule has 2 aromatic carbocycles. The number of ether oxygens (including phenoxy) is 1. The van der Waals surface area contributed by atoms with E-state index >= 15 is 0 Å². The number of fused-ring (bicyclic) bond motifs is 1. The number of nitrogens with two attached hydrogens (primary N) is 1. The summed E-state index contributed by atoms with van der Waals surface area (Å²) in [5.41, 5.74) is 8.88. The number of hydrogen-bond donors (Lipinski definition) is 3. The fourth-order valence-corrected chi connectivity index (χ4v) is 3.76. The summed E-state index contributed by atoms with van der Waals surface area (Å²) in [7, 11) is 0. The number of likely N-dealkylation sites (tertiary alicyclic amines) is 1. The number of nitrogens with zero attached hydrogens (tertiary/aromatic N) is 3. The number of benzene rings is 2. The van der Waals surface area contributed by atoms with Gasteiger partial charge in [-0.05, 0) is 43.2 Å². The Kier molecular flexibility index (Phi) is 5.46. The van der Waals surface area contributed by atoms with Gasteiger partial charge in [-0.1, -0.05) is 0 Å². The number of nitrogen functional groups attached to an aromatic ring is 1. The van der Waals surface area contributed by atoms with E-state index in [0.29, 0.717) is 36.0 Å². The predicted molar refractivity (Wildman–Crippen MR) is 111 cm³/mol. The summed E-state index contributed by atoms with van der Waals surface area (Å²) in [6, 6.07) is 8.08. The van der Waals surface area contributed by atoms with Gasteiger partial charge >= 0.3 is 0 Å². The fourth-order valence-electron chi connectivity index (χ4n) is 3.76. The van der Waals surface area contributed by atoms with E-state index in [9.17, 15) is 4.39 Å². The van der Waals surface area contributed by atoms with Crippen LogP contribution in [0, 0.1) is 12.7 Å². The number of hydrogen-bond acceptors (Lipinski definition) is 7. The molecule has 0 saturated carbocycles. The standard InChI is InChI=1S/C21H24FN5O2/c1-13-8-15(23)10-18-20(13)21(25-12-24-18)26-17-3-2-14(22)9-19(17)29-16-4-5-27(11-16)6-7-28/h2-3,8-10,12,16,28H,4-7,11,23H2,1H3,(H,24,25,26)/t16-/m1/s1. The number of rotatable bonds is 6. The van der Waals surface area contributed by atoms with Crippen molar-refractivity contribution < 1.29 is 14.2 Å². The van der Waals surface area contributed by atoms with Crippen LogP contribution in [0.25, 0.3) is 10.9 Å². The van der Waals surface area contributed by atoms with Crippen LogP contribution < -0.4 is 15.8 Å². The predicted octanol–water partition coefficient (Wildman–Crippen LogP) is 2.85. The zero-order valence-electron chi connectivity index (χ0n) is 16.2. The van der Waals surface area contributed by atoms with Crippen molar-refractivity contribution in [1.82, 2.24) is 14.9 Å². The topological polar surface area (TPSA) is 96.5 Å². The molecule has 2 heterocycles. The van der Waals surface area contributed by atoms with E-state index in [1.807, 2.05) is 13.0 Å². The maximum Gasteiger partial charge on any atom is 0.146 e. The highest BCUT2D eigenvalue weighted by atomic mass is 19.1. The van der Waals surface area contributed by atoms with Gasteiger partial charge in [-0.15, -0.1) is 0 Å². The summed E-state index contributed by atoms with van der Waals surface area (Å²) in [4.78, 5) is 10.8. The van der Waals surface area contributed by atoms with E-state index in [2.05, 4.69) is 20.2 Å². The summed E-state index contributed by atoms with van der Waals surface area (Å²) in [6.07, 6.45) is 2.23. The lowest BCUT2D eigenvalue weighted by Crippen LogP contribution is -2.27. The normalized spacial score (nSPS) is 17.0. The summed E-state index contributed by atoms with van der Waals surface area (Å²) in [6.45, 7) is 4.23. The van der Waals surface area contributed by atoms with Crippen LogP contribution in [-0.4, -0.2) is 52.3 Å². The molecule has 1 aliphatic heterocycles. The summed E-state index contributed by atoms with van der Waals surface area (Å²) < 4.78 is 20.0. The third-order valence-corrected chi connectivity index (χ3v) is 5.09. The lowest BCUT2D eigenvalue weighted by molar-refractivity contribution is 0.181. The number of halogens is 1. The molecule has 0 amide bonds. The molecule has 1 aromatic heterocycles. The van der Waals surface area contributed by atoms with Crippen molar-refractivity contribution in [2.24, 2.45) is 0 Å². The molecule has 0 bridgehead atoms. The van der Waals surface area contributed by atoms with Gasteiger partial charge in [0.1, 0.15) is 29.8 Å². The van der Waals surface area contributed by atoms with E-state index in [4.69, 9.17) is 15.6 Å². The first-order valence-electron chi connectivity index (χ1n) is 9.61. The average Bonchev–Trinajstić information content (AvgIpc) is 3.11. The molecule has 4 N–H and O–H groups in total. The summed E-state index contributed by atoms with van der Waals surface area (Å²) in [5.74, 6) is 0.672. The molecule has 1 fully saturated rings. The Bertz CT molecular complexity index is 1030. The van der Waals surface area contributed by atoms with Crippen LogP contribution in [0.5, 0.6) is 5.75 Å². The second-order valence-electron chi connectivity index (χ2n) is 7.27. The van der Waals surface area contributed by atoms with Gasteiger partial charge in [0.25, 0.3) is 0 Å². The van der Waals surface area contributed by atoms with Crippen molar-refractivity contribution in [3.63, 3.8) is 0 Å². The van der Waals surface area contributed by atoms with E-state index in [0.717, 1.165) is 29.4 Å². The number of aryl methyl sites for hydroxylation is 1. The Morgan fingerprint density at radius 1 is 1.31 bits per heavy atom. The van der Waals surface area contributed by atoms with Gasteiger partial charge in [0.05, 0.1) is 17.8 Å².